The van der Waals surface area contributed by atoms with Gasteiger partial charge < -0.3 is 5.43 Å². The fourth-order valence-electron chi connectivity index (χ4n) is 0.734. The summed E-state index contributed by atoms with van der Waals surface area (Å²) in [7, 11) is 0. The highest BCUT2D eigenvalue weighted by Gasteiger charge is 1.93. The molecule has 0 aliphatic heterocycles. The molecule has 0 heterocycles. The van der Waals surface area contributed by atoms with Crippen molar-refractivity contribution in [2.45, 2.75) is 6.92 Å². The van der Waals surface area contributed by atoms with Crippen molar-refractivity contribution in [1.29, 1.82) is 0 Å². The second-order valence-corrected chi connectivity index (χ2v) is 2.52. The zero-order valence-electron chi connectivity index (χ0n) is 5.69. The van der Waals surface area contributed by atoms with E-state index >= 15 is 0 Å². The number of hydrogen-bond acceptors (Lipinski definition) is 2. The van der Waals surface area contributed by atoms with Crippen LogP contribution in [0.1, 0.15) is 5.56 Å². The third-order valence-electron chi connectivity index (χ3n) is 1.32. The predicted octanol–water partition coefficient (Wildman–Crippen LogP) is 1.93. The Morgan fingerprint density at radius 3 is 2.70 bits per heavy atom. The van der Waals surface area contributed by atoms with Crippen LogP contribution in [-0.4, -0.2) is 0 Å². The van der Waals surface area contributed by atoms with Crippen molar-refractivity contribution >= 4 is 17.3 Å². The molecule has 0 bridgehead atoms. The summed E-state index contributed by atoms with van der Waals surface area (Å²) in [5.74, 6) is 5.18. The van der Waals surface area contributed by atoms with Crippen LogP contribution in [0, 0.1) is 6.92 Å². The van der Waals surface area contributed by atoms with Crippen molar-refractivity contribution in [1.82, 2.24) is 0 Å². The molecule has 0 saturated carbocycles. The number of nitrogen functional groups attached to an aromatic ring is 1. The maximum atomic E-state index is 5.77. The van der Waals surface area contributed by atoms with Crippen molar-refractivity contribution in [3.05, 3.63) is 28.8 Å². The second-order valence-electron chi connectivity index (χ2n) is 2.11. The van der Waals surface area contributed by atoms with Gasteiger partial charge in [-0.2, -0.15) is 0 Å². The first-order chi connectivity index (χ1) is 4.74. The van der Waals surface area contributed by atoms with E-state index in [1.807, 2.05) is 25.1 Å². The lowest BCUT2D eigenvalue weighted by Gasteiger charge is -2.01. The zero-order valence-corrected chi connectivity index (χ0v) is 6.44. The van der Waals surface area contributed by atoms with E-state index in [4.69, 9.17) is 17.4 Å². The van der Waals surface area contributed by atoms with Crippen molar-refractivity contribution in [3.8, 4) is 0 Å². The first-order valence-corrected chi connectivity index (χ1v) is 3.34. The van der Waals surface area contributed by atoms with E-state index in [2.05, 4.69) is 5.43 Å². The topological polar surface area (TPSA) is 38.0 Å². The average molecular weight is 157 g/mol. The van der Waals surface area contributed by atoms with Gasteiger partial charge in [0.15, 0.2) is 0 Å². The van der Waals surface area contributed by atoms with Crippen LogP contribution in [-0.2, 0) is 0 Å². The van der Waals surface area contributed by atoms with Crippen LogP contribution in [0.25, 0.3) is 0 Å². The molecule has 0 spiro atoms. The molecule has 0 unspecified atom stereocenters. The van der Waals surface area contributed by atoms with Gasteiger partial charge in [0.1, 0.15) is 0 Å². The lowest BCUT2D eigenvalue weighted by molar-refractivity contribution is 1.33. The predicted molar refractivity (Wildman–Crippen MR) is 44.0 cm³/mol. The van der Waals surface area contributed by atoms with Gasteiger partial charge in [-0.1, -0.05) is 11.6 Å². The molecule has 0 aromatic heterocycles. The number of halogens is 1. The summed E-state index contributed by atoms with van der Waals surface area (Å²) in [6.07, 6.45) is 0. The number of rotatable bonds is 1. The standard InChI is InChI=1S/C7H9ClN2/c1-5-4-6(10-9)2-3-7(5)8/h2-4,10H,9H2,1H3. The lowest BCUT2D eigenvalue weighted by Crippen LogP contribution is -2.06. The number of anilines is 1. The van der Waals surface area contributed by atoms with Gasteiger partial charge in [-0.3, -0.25) is 5.84 Å². The summed E-state index contributed by atoms with van der Waals surface area (Å²) >= 11 is 5.77. The van der Waals surface area contributed by atoms with Crippen LogP contribution >= 0.6 is 11.6 Å². The van der Waals surface area contributed by atoms with Crippen LogP contribution in [0.2, 0.25) is 5.02 Å². The Hall–Kier alpha value is -0.730. The van der Waals surface area contributed by atoms with Gasteiger partial charge in [-0.15, -0.1) is 0 Å². The highest BCUT2D eigenvalue weighted by Crippen LogP contribution is 2.18. The third kappa shape index (κ3) is 1.40. The molecule has 10 heavy (non-hydrogen) atoms. The Morgan fingerprint density at radius 2 is 2.20 bits per heavy atom. The molecule has 0 fully saturated rings. The first-order valence-electron chi connectivity index (χ1n) is 2.97. The van der Waals surface area contributed by atoms with Gasteiger partial charge in [-0.25, -0.2) is 0 Å². The molecule has 0 amide bonds. The quantitative estimate of drug-likeness (QED) is 0.482. The maximum absolute atomic E-state index is 5.77. The van der Waals surface area contributed by atoms with Crippen molar-refractivity contribution < 1.29 is 0 Å². The van der Waals surface area contributed by atoms with Gasteiger partial charge in [0.25, 0.3) is 0 Å². The molecule has 3 heteroatoms. The van der Waals surface area contributed by atoms with Gasteiger partial charge in [0, 0.05) is 10.7 Å². The van der Waals surface area contributed by atoms with Gasteiger partial charge in [0.2, 0.25) is 0 Å². The first kappa shape index (κ1) is 7.38. The number of aryl methyl sites for hydroxylation is 1. The summed E-state index contributed by atoms with van der Waals surface area (Å²) in [6, 6.07) is 5.53. The van der Waals surface area contributed by atoms with Gasteiger partial charge >= 0.3 is 0 Å². The minimum Gasteiger partial charge on any atom is -0.324 e. The van der Waals surface area contributed by atoms with Crippen molar-refractivity contribution in [2.75, 3.05) is 5.43 Å². The number of hydrogen-bond donors (Lipinski definition) is 2. The third-order valence-corrected chi connectivity index (χ3v) is 1.75. The number of benzene rings is 1. The smallest absolute Gasteiger partial charge is 0.0488 e. The normalized spacial score (nSPS) is 9.50. The van der Waals surface area contributed by atoms with Crippen LogP contribution in [0.3, 0.4) is 0 Å². The Bertz CT molecular complexity index is 235. The molecule has 1 rings (SSSR count). The molecule has 0 saturated heterocycles. The van der Waals surface area contributed by atoms with Crippen molar-refractivity contribution in [3.63, 3.8) is 0 Å². The lowest BCUT2D eigenvalue weighted by atomic mass is 10.2. The number of nitrogens with two attached hydrogens (primary N) is 1. The molecule has 0 aliphatic carbocycles. The number of nitrogens with one attached hydrogen (secondary N) is 1. The van der Waals surface area contributed by atoms with Gasteiger partial charge in [-0.05, 0) is 30.7 Å². The molecule has 1 aromatic rings. The highest BCUT2D eigenvalue weighted by atomic mass is 35.5. The highest BCUT2D eigenvalue weighted by molar-refractivity contribution is 6.31. The Balaban J connectivity index is 3.04. The minimum absolute atomic E-state index is 0.763. The molecule has 0 aliphatic rings. The van der Waals surface area contributed by atoms with Crippen LogP contribution in [0.15, 0.2) is 18.2 Å². The maximum Gasteiger partial charge on any atom is 0.0488 e. The summed E-state index contributed by atoms with van der Waals surface area (Å²) < 4.78 is 0. The van der Waals surface area contributed by atoms with E-state index in [0.717, 1.165) is 16.3 Å². The van der Waals surface area contributed by atoms with E-state index in [1.165, 1.54) is 0 Å². The Labute approximate surface area is 65.0 Å². The van der Waals surface area contributed by atoms with E-state index in [0.29, 0.717) is 0 Å². The van der Waals surface area contributed by atoms with E-state index in [9.17, 15) is 0 Å². The van der Waals surface area contributed by atoms with E-state index in [1.54, 1.807) is 0 Å². The summed E-state index contributed by atoms with van der Waals surface area (Å²) in [5.41, 5.74) is 4.44. The summed E-state index contributed by atoms with van der Waals surface area (Å²) in [6.45, 7) is 1.93. The monoisotopic (exact) mass is 156 g/mol. The fraction of sp³-hybridized carbons (Fsp3) is 0.143. The largest absolute Gasteiger partial charge is 0.324 e. The van der Waals surface area contributed by atoms with Crippen LogP contribution in [0.5, 0.6) is 0 Å². The molecule has 2 nitrogen and oxygen atoms in total. The van der Waals surface area contributed by atoms with Crippen LogP contribution in [0.4, 0.5) is 5.69 Å². The Kier molecular flexibility index (Phi) is 2.14. The minimum atomic E-state index is 0.763. The molecular formula is C7H9ClN2. The molecule has 54 valence electrons. The second kappa shape index (κ2) is 2.90. The molecule has 1 aromatic carbocycles. The Morgan fingerprint density at radius 1 is 1.50 bits per heavy atom. The van der Waals surface area contributed by atoms with E-state index in [-0.39, 0.29) is 0 Å². The van der Waals surface area contributed by atoms with Crippen molar-refractivity contribution in [2.24, 2.45) is 5.84 Å². The van der Waals surface area contributed by atoms with Gasteiger partial charge in [0.05, 0.1) is 0 Å². The number of hydrazine groups is 1. The summed E-state index contributed by atoms with van der Waals surface area (Å²) in [5, 5.41) is 0.763. The average Bonchev–Trinajstić information content (AvgIpc) is 1.95. The zero-order chi connectivity index (χ0) is 7.56. The summed E-state index contributed by atoms with van der Waals surface area (Å²) in [4.78, 5) is 0. The molecular weight excluding hydrogens is 148 g/mol. The van der Waals surface area contributed by atoms with E-state index < -0.39 is 0 Å². The SMILES string of the molecule is Cc1cc(NN)ccc1Cl. The van der Waals surface area contributed by atoms with Crippen LogP contribution < -0.4 is 11.3 Å². The molecule has 3 N–H and O–H groups in total. The molecule has 0 atom stereocenters. The molecule has 0 radical (unpaired) electrons. The fourth-order valence-corrected chi connectivity index (χ4v) is 0.852.